The standard InChI is InChI=1S/C15H23BrN2/c1-2-11-6-5-7-12(10-11)15(18-17)13-8-3-4-9-14(13)16/h3-4,8-9,11-12,15,18H,2,5-7,10,17H2,1H3. The SMILES string of the molecule is CCC1CCCC(C(NN)c2ccccc2Br)C1. The lowest BCUT2D eigenvalue weighted by Crippen LogP contribution is -2.36. The van der Waals surface area contributed by atoms with Gasteiger partial charge in [0.2, 0.25) is 0 Å². The highest BCUT2D eigenvalue weighted by Gasteiger charge is 2.28. The summed E-state index contributed by atoms with van der Waals surface area (Å²) in [4.78, 5) is 0. The van der Waals surface area contributed by atoms with Crippen LogP contribution in [0.2, 0.25) is 0 Å². The number of hydrogen-bond acceptors (Lipinski definition) is 2. The molecule has 0 spiro atoms. The van der Waals surface area contributed by atoms with Gasteiger partial charge in [0, 0.05) is 10.5 Å². The second-order valence-corrected chi connectivity index (χ2v) is 6.22. The van der Waals surface area contributed by atoms with Gasteiger partial charge in [0.1, 0.15) is 0 Å². The van der Waals surface area contributed by atoms with Crippen LogP contribution in [0.1, 0.15) is 50.6 Å². The lowest BCUT2D eigenvalue weighted by Gasteiger charge is -2.34. The number of halogens is 1. The third-order valence-corrected chi connectivity index (χ3v) is 5.01. The highest BCUT2D eigenvalue weighted by Crippen LogP contribution is 2.39. The smallest absolute Gasteiger partial charge is 0.0499 e. The quantitative estimate of drug-likeness (QED) is 0.647. The molecule has 1 aliphatic rings. The summed E-state index contributed by atoms with van der Waals surface area (Å²) in [5, 5.41) is 0. The number of nitrogens with one attached hydrogen (secondary N) is 1. The topological polar surface area (TPSA) is 38.0 Å². The molecule has 0 saturated heterocycles. The van der Waals surface area contributed by atoms with Gasteiger partial charge >= 0.3 is 0 Å². The second-order valence-electron chi connectivity index (χ2n) is 5.37. The molecule has 0 radical (unpaired) electrons. The summed E-state index contributed by atoms with van der Waals surface area (Å²) < 4.78 is 1.16. The van der Waals surface area contributed by atoms with E-state index in [2.05, 4.69) is 52.5 Å². The molecule has 2 rings (SSSR count). The van der Waals surface area contributed by atoms with E-state index in [0.29, 0.717) is 5.92 Å². The van der Waals surface area contributed by atoms with Gasteiger partial charge in [0.25, 0.3) is 0 Å². The van der Waals surface area contributed by atoms with Crippen molar-refractivity contribution in [1.29, 1.82) is 0 Å². The molecule has 3 heteroatoms. The number of hydrogen-bond donors (Lipinski definition) is 2. The van der Waals surface area contributed by atoms with Gasteiger partial charge < -0.3 is 0 Å². The van der Waals surface area contributed by atoms with E-state index in [-0.39, 0.29) is 6.04 Å². The van der Waals surface area contributed by atoms with Crippen molar-refractivity contribution in [3.63, 3.8) is 0 Å². The Morgan fingerprint density at radius 3 is 2.83 bits per heavy atom. The number of rotatable bonds is 4. The van der Waals surface area contributed by atoms with Crippen LogP contribution in [0.3, 0.4) is 0 Å². The Morgan fingerprint density at radius 1 is 1.39 bits per heavy atom. The number of benzene rings is 1. The van der Waals surface area contributed by atoms with Gasteiger partial charge in [-0.05, 0) is 36.3 Å². The Bertz CT molecular complexity index is 381. The molecule has 1 aromatic rings. The van der Waals surface area contributed by atoms with E-state index >= 15 is 0 Å². The van der Waals surface area contributed by atoms with Crippen molar-refractivity contribution in [3.8, 4) is 0 Å². The fourth-order valence-electron chi connectivity index (χ4n) is 3.21. The van der Waals surface area contributed by atoms with Gasteiger partial charge in [-0.3, -0.25) is 11.3 Å². The van der Waals surface area contributed by atoms with E-state index in [4.69, 9.17) is 5.84 Å². The largest absolute Gasteiger partial charge is 0.271 e. The molecule has 0 amide bonds. The predicted octanol–water partition coefficient (Wildman–Crippen LogP) is 4.17. The molecule has 2 nitrogen and oxygen atoms in total. The Hall–Kier alpha value is -0.380. The van der Waals surface area contributed by atoms with Crippen LogP contribution in [0.4, 0.5) is 0 Å². The summed E-state index contributed by atoms with van der Waals surface area (Å²) in [5.74, 6) is 7.36. The van der Waals surface area contributed by atoms with Gasteiger partial charge in [-0.2, -0.15) is 0 Å². The first-order chi connectivity index (χ1) is 8.76. The van der Waals surface area contributed by atoms with E-state index in [9.17, 15) is 0 Å². The molecule has 1 saturated carbocycles. The van der Waals surface area contributed by atoms with Gasteiger partial charge in [-0.25, -0.2) is 0 Å². The Kier molecular flexibility index (Phi) is 5.22. The molecule has 3 N–H and O–H groups in total. The number of nitrogens with two attached hydrogens (primary N) is 1. The summed E-state index contributed by atoms with van der Waals surface area (Å²) in [6.07, 6.45) is 6.61. The van der Waals surface area contributed by atoms with E-state index in [1.54, 1.807) is 0 Å². The van der Waals surface area contributed by atoms with Crippen molar-refractivity contribution in [1.82, 2.24) is 5.43 Å². The first-order valence-corrected chi connectivity index (χ1v) is 7.76. The summed E-state index contributed by atoms with van der Waals surface area (Å²) in [7, 11) is 0. The highest BCUT2D eigenvalue weighted by molar-refractivity contribution is 9.10. The zero-order chi connectivity index (χ0) is 13.0. The average molecular weight is 311 g/mol. The zero-order valence-electron chi connectivity index (χ0n) is 11.0. The Morgan fingerprint density at radius 2 is 2.17 bits per heavy atom. The summed E-state index contributed by atoms with van der Waals surface area (Å²) in [6, 6.07) is 8.68. The lowest BCUT2D eigenvalue weighted by atomic mass is 9.75. The fraction of sp³-hybridized carbons (Fsp3) is 0.600. The molecule has 3 unspecified atom stereocenters. The molecule has 1 aliphatic carbocycles. The minimum atomic E-state index is 0.273. The molecule has 0 bridgehead atoms. The molecular weight excluding hydrogens is 288 g/mol. The summed E-state index contributed by atoms with van der Waals surface area (Å²) in [5.41, 5.74) is 4.34. The molecule has 0 aliphatic heterocycles. The Labute approximate surface area is 118 Å². The third kappa shape index (κ3) is 3.14. The molecule has 0 heterocycles. The minimum Gasteiger partial charge on any atom is -0.271 e. The van der Waals surface area contributed by atoms with Crippen LogP contribution in [-0.4, -0.2) is 0 Å². The maximum Gasteiger partial charge on any atom is 0.0499 e. The van der Waals surface area contributed by atoms with Gasteiger partial charge in [-0.15, -0.1) is 0 Å². The predicted molar refractivity (Wildman–Crippen MR) is 79.9 cm³/mol. The first-order valence-electron chi connectivity index (χ1n) is 6.96. The van der Waals surface area contributed by atoms with E-state index in [1.165, 1.54) is 37.7 Å². The fourth-order valence-corrected chi connectivity index (χ4v) is 3.74. The van der Waals surface area contributed by atoms with Crippen molar-refractivity contribution in [2.45, 2.75) is 45.1 Å². The molecule has 0 aromatic heterocycles. The van der Waals surface area contributed by atoms with Gasteiger partial charge in [0.15, 0.2) is 0 Å². The maximum atomic E-state index is 5.82. The highest BCUT2D eigenvalue weighted by atomic mass is 79.9. The minimum absolute atomic E-state index is 0.273. The van der Waals surface area contributed by atoms with Crippen LogP contribution < -0.4 is 11.3 Å². The lowest BCUT2D eigenvalue weighted by molar-refractivity contribution is 0.209. The molecular formula is C15H23BrN2. The normalized spacial score (nSPS) is 25.9. The van der Waals surface area contributed by atoms with E-state index in [0.717, 1.165) is 10.4 Å². The van der Waals surface area contributed by atoms with Gasteiger partial charge in [-0.1, -0.05) is 60.3 Å². The third-order valence-electron chi connectivity index (χ3n) is 4.29. The number of hydrazine groups is 1. The molecule has 1 fully saturated rings. The maximum absolute atomic E-state index is 5.82. The molecule has 1 aromatic carbocycles. The van der Waals surface area contributed by atoms with Crippen LogP contribution >= 0.6 is 15.9 Å². The summed E-state index contributed by atoms with van der Waals surface area (Å²) >= 11 is 3.64. The van der Waals surface area contributed by atoms with Gasteiger partial charge in [0.05, 0.1) is 0 Å². The molecule has 100 valence electrons. The van der Waals surface area contributed by atoms with E-state index < -0.39 is 0 Å². The van der Waals surface area contributed by atoms with E-state index in [1.807, 2.05) is 0 Å². The van der Waals surface area contributed by atoms with Crippen molar-refractivity contribution in [3.05, 3.63) is 34.3 Å². The zero-order valence-corrected chi connectivity index (χ0v) is 12.6. The first kappa shape index (κ1) is 14.0. The average Bonchev–Trinajstić information content (AvgIpc) is 2.42. The second kappa shape index (κ2) is 6.69. The van der Waals surface area contributed by atoms with Crippen LogP contribution in [0.25, 0.3) is 0 Å². The van der Waals surface area contributed by atoms with Crippen molar-refractivity contribution >= 4 is 15.9 Å². The van der Waals surface area contributed by atoms with Crippen LogP contribution in [0, 0.1) is 11.8 Å². The monoisotopic (exact) mass is 310 g/mol. The van der Waals surface area contributed by atoms with Crippen LogP contribution in [0.15, 0.2) is 28.7 Å². The molecule has 3 atom stereocenters. The van der Waals surface area contributed by atoms with Crippen molar-refractivity contribution < 1.29 is 0 Å². The summed E-state index contributed by atoms with van der Waals surface area (Å²) in [6.45, 7) is 2.30. The molecule has 18 heavy (non-hydrogen) atoms. The van der Waals surface area contributed by atoms with Crippen molar-refractivity contribution in [2.75, 3.05) is 0 Å². The van der Waals surface area contributed by atoms with Crippen molar-refractivity contribution in [2.24, 2.45) is 17.7 Å². The Balaban J connectivity index is 2.15. The van der Waals surface area contributed by atoms with Crippen LogP contribution in [-0.2, 0) is 0 Å². The van der Waals surface area contributed by atoms with Crippen LogP contribution in [0.5, 0.6) is 0 Å².